The lowest BCUT2D eigenvalue weighted by atomic mass is 9.56. The van der Waals surface area contributed by atoms with E-state index in [1.54, 1.807) is 26.8 Å². The van der Waals surface area contributed by atoms with E-state index >= 15 is 0 Å². The topological polar surface area (TPSA) is 164 Å². The van der Waals surface area contributed by atoms with E-state index in [-0.39, 0.29) is 12.0 Å². The zero-order valence-electron chi connectivity index (χ0n) is 23.8. The highest BCUT2D eigenvalue weighted by Gasteiger charge is 2.87. The Morgan fingerprint density at radius 3 is 1.95 bits per heavy atom. The predicted octanol–water partition coefficient (Wildman–Crippen LogP) is 1.46. The molecule has 0 amide bonds. The first-order valence-electron chi connectivity index (χ1n) is 13.1. The van der Waals surface area contributed by atoms with Gasteiger partial charge in [-0.25, -0.2) is 4.79 Å². The van der Waals surface area contributed by atoms with Crippen molar-refractivity contribution >= 4 is 29.8 Å². The normalized spacial score (nSPS) is 41.9. The molecule has 2 aliphatic heterocycles. The summed E-state index contributed by atoms with van der Waals surface area (Å²) in [6.45, 7) is 11.2. The highest BCUT2D eigenvalue weighted by Crippen LogP contribution is 2.65. The van der Waals surface area contributed by atoms with Crippen molar-refractivity contribution in [3.8, 4) is 0 Å². The Bertz CT molecular complexity index is 1200. The van der Waals surface area contributed by atoms with E-state index < -0.39 is 89.0 Å². The van der Waals surface area contributed by atoms with Gasteiger partial charge in [0, 0.05) is 40.0 Å². The second-order valence-corrected chi connectivity index (χ2v) is 11.4. The van der Waals surface area contributed by atoms with Crippen molar-refractivity contribution in [1.82, 2.24) is 0 Å². The van der Waals surface area contributed by atoms with E-state index in [4.69, 9.17) is 28.4 Å². The fourth-order valence-electron chi connectivity index (χ4n) is 6.90. The number of rotatable bonds is 4. The van der Waals surface area contributed by atoms with Crippen molar-refractivity contribution in [2.24, 2.45) is 11.3 Å². The van der Waals surface area contributed by atoms with Gasteiger partial charge in [0.15, 0.2) is 23.4 Å². The van der Waals surface area contributed by atoms with E-state index in [2.05, 4.69) is 0 Å². The van der Waals surface area contributed by atoms with Crippen molar-refractivity contribution in [2.45, 2.75) is 110 Å². The van der Waals surface area contributed by atoms with E-state index in [1.807, 2.05) is 0 Å². The number of hydrogen-bond donors (Lipinski definition) is 1. The average molecular weight is 565 g/mol. The van der Waals surface area contributed by atoms with Gasteiger partial charge in [-0.2, -0.15) is 0 Å². The van der Waals surface area contributed by atoms with Crippen LogP contribution in [0.2, 0.25) is 0 Å². The molecular formula is C28H36O12. The number of aliphatic hydroxyl groups is 1. The third-order valence-corrected chi connectivity index (χ3v) is 8.64. The van der Waals surface area contributed by atoms with Crippen LogP contribution < -0.4 is 0 Å². The second kappa shape index (κ2) is 9.99. The molecule has 10 atom stereocenters. The van der Waals surface area contributed by atoms with Crippen LogP contribution in [-0.2, 0) is 52.4 Å². The van der Waals surface area contributed by atoms with E-state index in [9.17, 15) is 29.1 Å². The summed E-state index contributed by atoms with van der Waals surface area (Å²) in [4.78, 5) is 62.7. The fourth-order valence-corrected chi connectivity index (χ4v) is 6.90. The number of carbonyl (C=O) groups excluding carboxylic acids is 5. The molecule has 0 aromatic rings. The third kappa shape index (κ3) is 4.41. The minimum Gasteiger partial charge on any atom is -0.461 e. The lowest BCUT2D eigenvalue weighted by Gasteiger charge is -2.54. The minimum absolute atomic E-state index is 0.173. The summed E-state index contributed by atoms with van der Waals surface area (Å²) in [5.74, 6) is -4.42. The first-order chi connectivity index (χ1) is 18.5. The quantitative estimate of drug-likeness (QED) is 0.227. The highest BCUT2D eigenvalue weighted by molar-refractivity contribution is 5.89. The van der Waals surface area contributed by atoms with E-state index in [1.165, 1.54) is 26.8 Å². The Labute approximate surface area is 231 Å². The summed E-state index contributed by atoms with van der Waals surface area (Å²) in [7, 11) is 0. The second-order valence-electron chi connectivity index (χ2n) is 11.4. The maximum Gasteiger partial charge on any atom is 0.342 e. The third-order valence-electron chi connectivity index (χ3n) is 8.64. The molecule has 0 saturated carbocycles. The lowest BCUT2D eigenvalue weighted by molar-refractivity contribution is -0.217. The number of esters is 5. The van der Waals surface area contributed by atoms with Crippen LogP contribution in [0.15, 0.2) is 23.3 Å². The number of ether oxygens (including phenoxy) is 6. The molecule has 2 saturated heterocycles. The van der Waals surface area contributed by atoms with Gasteiger partial charge in [-0.3, -0.25) is 19.2 Å². The van der Waals surface area contributed by atoms with Gasteiger partial charge in [0.1, 0.15) is 24.4 Å². The molecule has 0 aromatic heterocycles. The Morgan fingerprint density at radius 2 is 1.43 bits per heavy atom. The van der Waals surface area contributed by atoms with Crippen LogP contribution in [0, 0.1) is 11.3 Å². The van der Waals surface area contributed by atoms with Crippen LogP contribution in [0.5, 0.6) is 0 Å². The summed E-state index contributed by atoms with van der Waals surface area (Å²) >= 11 is 0. The van der Waals surface area contributed by atoms with Gasteiger partial charge in [-0.05, 0) is 32.4 Å². The molecule has 12 heteroatoms. The number of hydrogen-bond acceptors (Lipinski definition) is 12. The molecular weight excluding hydrogens is 528 g/mol. The van der Waals surface area contributed by atoms with Crippen molar-refractivity contribution in [3.63, 3.8) is 0 Å². The Kier molecular flexibility index (Phi) is 7.42. The molecule has 2 heterocycles. The molecule has 0 bridgehead atoms. The smallest absolute Gasteiger partial charge is 0.342 e. The molecule has 2 fully saturated rings. The summed E-state index contributed by atoms with van der Waals surface area (Å²) in [5.41, 5.74) is -3.61. The van der Waals surface area contributed by atoms with Crippen molar-refractivity contribution < 1.29 is 57.5 Å². The first kappa shape index (κ1) is 29.7. The van der Waals surface area contributed by atoms with Gasteiger partial charge >= 0.3 is 29.8 Å². The Hall–Kier alpha value is -3.25. The summed E-state index contributed by atoms with van der Waals surface area (Å²) < 4.78 is 34.9. The molecule has 0 aromatic carbocycles. The monoisotopic (exact) mass is 564 g/mol. The molecule has 12 nitrogen and oxygen atoms in total. The van der Waals surface area contributed by atoms with Crippen LogP contribution in [0.25, 0.3) is 0 Å². The number of carbonyl (C=O) groups is 5. The summed E-state index contributed by atoms with van der Waals surface area (Å²) in [6.07, 6.45) is -4.34. The number of aliphatic hydroxyl groups excluding tert-OH is 1. The molecule has 10 unspecified atom stereocenters. The predicted molar refractivity (Wildman–Crippen MR) is 134 cm³/mol. The minimum atomic E-state index is -1.67. The first-order valence-corrected chi connectivity index (χ1v) is 13.1. The summed E-state index contributed by atoms with van der Waals surface area (Å²) in [6, 6.07) is 0. The molecule has 40 heavy (non-hydrogen) atoms. The van der Waals surface area contributed by atoms with Gasteiger partial charge in [-0.15, -0.1) is 0 Å². The fraction of sp³-hybridized carbons (Fsp3) is 0.679. The molecule has 220 valence electrons. The van der Waals surface area contributed by atoms with E-state index in [0.717, 1.165) is 13.8 Å². The number of fused-ring (bicyclic) bond motifs is 1. The van der Waals surface area contributed by atoms with Gasteiger partial charge in [0.25, 0.3) is 0 Å². The van der Waals surface area contributed by atoms with Gasteiger partial charge in [-0.1, -0.05) is 18.6 Å². The van der Waals surface area contributed by atoms with Gasteiger partial charge < -0.3 is 33.5 Å². The Morgan fingerprint density at radius 1 is 0.875 bits per heavy atom. The van der Waals surface area contributed by atoms with Gasteiger partial charge in [0.2, 0.25) is 0 Å². The SMILES string of the molecule is CC(=O)OC1C(C)=CC2OC(=O)C3(C)OC23C(OC(C)=O)C2C(C)=CCC(OC(C)=O)C2(C)C(OC(C)=O)C1O. The zero-order valence-corrected chi connectivity index (χ0v) is 23.8. The molecule has 0 radical (unpaired) electrons. The maximum absolute atomic E-state index is 13.1. The summed E-state index contributed by atoms with van der Waals surface area (Å²) in [5, 5.41) is 11.8. The van der Waals surface area contributed by atoms with Gasteiger partial charge in [0.05, 0.1) is 5.41 Å². The van der Waals surface area contributed by atoms with Crippen LogP contribution in [-0.4, -0.2) is 82.8 Å². The van der Waals surface area contributed by atoms with Crippen LogP contribution in [0.4, 0.5) is 0 Å². The van der Waals surface area contributed by atoms with Crippen molar-refractivity contribution in [2.75, 3.05) is 0 Å². The lowest BCUT2D eigenvalue weighted by Crippen LogP contribution is -2.65. The Balaban J connectivity index is 2.08. The molecule has 4 aliphatic rings. The molecule has 2 aliphatic carbocycles. The highest BCUT2D eigenvalue weighted by atomic mass is 16.7. The van der Waals surface area contributed by atoms with Crippen molar-refractivity contribution in [3.05, 3.63) is 23.3 Å². The molecule has 4 rings (SSSR count). The van der Waals surface area contributed by atoms with Crippen molar-refractivity contribution in [1.29, 1.82) is 0 Å². The largest absolute Gasteiger partial charge is 0.461 e. The van der Waals surface area contributed by atoms with Crippen LogP contribution in [0.1, 0.15) is 61.8 Å². The van der Waals surface area contributed by atoms with Crippen LogP contribution in [0.3, 0.4) is 0 Å². The standard InChI is InChI=1S/C28H36O12/c1-12-9-10-18(35-14(3)29)26(7)20(12)23(37-16(5)31)28-19(39-25(34)27(28,8)40-28)11-13(2)22(36-15(4)30)21(33)24(26)38-17(6)32/h9,11,18-24,33H,10H2,1-8H3. The maximum atomic E-state index is 13.1. The molecule has 1 N–H and O–H groups in total. The number of epoxide rings is 1. The average Bonchev–Trinajstić information content (AvgIpc) is 3.42. The molecule has 1 spiro atoms. The van der Waals surface area contributed by atoms with Crippen LogP contribution >= 0.6 is 0 Å². The zero-order chi connectivity index (χ0) is 29.9. The van der Waals surface area contributed by atoms with E-state index in [0.29, 0.717) is 5.57 Å².